The van der Waals surface area contributed by atoms with Gasteiger partial charge in [-0.1, -0.05) is 53.0 Å². The third kappa shape index (κ3) is 5.17. The number of piperazine rings is 1. The van der Waals surface area contributed by atoms with E-state index in [0.717, 1.165) is 0 Å². The third-order valence-corrected chi connectivity index (χ3v) is 5.61. The molecule has 0 unspecified atom stereocenters. The summed E-state index contributed by atoms with van der Waals surface area (Å²) in [6, 6.07) is 12.1. The number of amides is 2. The maximum absolute atomic E-state index is 12.6. The second-order valence-electron chi connectivity index (χ2n) is 6.51. The Kier molecular flexibility index (Phi) is 7.18. The highest BCUT2D eigenvalue weighted by Crippen LogP contribution is 2.29. The zero-order valence-corrected chi connectivity index (χ0v) is 17.4. The van der Waals surface area contributed by atoms with Crippen molar-refractivity contribution in [3.8, 4) is 0 Å². The van der Waals surface area contributed by atoms with Crippen LogP contribution in [0, 0.1) is 0 Å². The first-order valence-electron chi connectivity index (χ1n) is 8.95. The zero-order valence-electron chi connectivity index (χ0n) is 15.1. The van der Waals surface area contributed by atoms with E-state index in [1.807, 2.05) is 0 Å². The second kappa shape index (κ2) is 9.61. The van der Waals surface area contributed by atoms with Gasteiger partial charge in [-0.15, -0.1) is 0 Å². The predicted octanol–water partition coefficient (Wildman–Crippen LogP) is 4.43. The van der Waals surface area contributed by atoms with Gasteiger partial charge in [-0.3, -0.25) is 14.5 Å². The molecule has 0 radical (unpaired) electrons. The van der Waals surface area contributed by atoms with E-state index in [1.54, 1.807) is 47.4 Å². The molecule has 0 bridgehead atoms. The van der Waals surface area contributed by atoms with Crippen LogP contribution in [0.1, 0.15) is 16.8 Å². The predicted molar refractivity (Wildman–Crippen MR) is 114 cm³/mol. The Hall–Kier alpha value is -1.79. The fourth-order valence-electron chi connectivity index (χ4n) is 3.06. The van der Waals surface area contributed by atoms with Gasteiger partial charge in [-0.05, 0) is 24.3 Å². The molecular formula is C20H20Cl3N3O2. The first kappa shape index (κ1) is 20.9. The smallest absolute Gasteiger partial charge is 0.255 e. The van der Waals surface area contributed by atoms with E-state index >= 15 is 0 Å². The number of nitrogens with one attached hydrogen (secondary N) is 1. The average Bonchev–Trinajstić information content (AvgIpc) is 2.69. The van der Waals surface area contributed by atoms with E-state index in [-0.39, 0.29) is 11.8 Å². The lowest BCUT2D eigenvalue weighted by Gasteiger charge is -2.34. The molecule has 1 aliphatic heterocycles. The molecule has 1 fully saturated rings. The van der Waals surface area contributed by atoms with Crippen molar-refractivity contribution in [2.75, 3.05) is 38.0 Å². The van der Waals surface area contributed by atoms with Crippen molar-refractivity contribution in [1.29, 1.82) is 0 Å². The molecule has 3 rings (SSSR count). The minimum Gasteiger partial charge on any atom is -0.336 e. The Morgan fingerprint density at radius 3 is 2.11 bits per heavy atom. The molecule has 1 saturated heterocycles. The largest absolute Gasteiger partial charge is 0.336 e. The second-order valence-corrected chi connectivity index (χ2v) is 7.73. The van der Waals surface area contributed by atoms with Crippen molar-refractivity contribution in [2.24, 2.45) is 0 Å². The molecule has 0 aliphatic carbocycles. The number of benzene rings is 2. The highest BCUT2D eigenvalue weighted by Gasteiger charge is 2.23. The maximum atomic E-state index is 12.6. The molecule has 2 amide bonds. The fraction of sp³-hybridized carbons (Fsp3) is 0.300. The van der Waals surface area contributed by atoms with Crippen LogP contribution >= 0.6 is 34.8 Å². The number of hydrogen-bond acceptors (Lipinski definition) is 3. The topological polar surface area (TPSA) is 52.7 Å². The van der Waals surface area contributed by atoms with E-state index in [2.05, 4.69) is 10.2 Å². The van der Waals surface area contributed by atoms with Gasteiger partial charge in [-0.2, -0.15) is 0 Å². The van der Waals surface area contributed by atoms with E-state index < -0.39 is 0 Å². The molecule has 0 spiro atoms. The molecule has 148 valence electrons. The molecule has 2 aromatic rings. The molecule has 0 atom stereocenters. The van der Waals surface area contributed by atoms with Gasteiger partial charge in [0.05, 0.1) is 26.3 Å². The Bertz CT molecular complexity index is 847. The van der Waals surface area contributed by atoms with Crippen LogP contribution in [-0.2, 0) is 4.79 Å². The number of nitrogens with zero attached hydrogens (tertiary/aromatic N) is 2. The summed E-state index contributed by atoms with van der Waals surface area (Å²) >= 11 is 18.3. The van der Waals surface area contributed by atoms with Crippen molar-refractivity contribution in [2.45, 2.75) is 6.42 Å². The summed E-state index contributed by atoms with van der Waals surface area (Å²) in [5.74, 6) is -0.207. The minimum atomic E-state index is -0.149. The van der Waals surface area contributed by atoms with Crippen LogP contribution in [0.3, 0.4) is 0 Å². The van der Waals surface area contributed by atoms with Gasteiger partial charge >= 0.3 is 0 Å². The quantitative estimate of drug-likeness (QED) is 0.748. The SMILES string of the molecule is O=C(CCN1CCN(C(=O)c2ccccc2Cl)CC1)Nc1c(Cl)cccc1Cl. The summed E-state index contributed by atoms with van der Waals surface area (Å²) in [6.07, 6.45) is 0.319. The Labute approximate surface area is 179 Å². The Morgan fingerprint density at radius 2 is 1.46 bits per heavy atom. The van der Waals surface area contributed by atoms with Gasteiger partial charge in [0.15, 0.2) is 0 Å². The molecule has 1 aliphatic rings. The van der Waals surface area contributed by atoms with Gasteiger partial charge in [-0.25, -0.2) is 0 Å². The Morgan fingerprint density at radius 1 is 0.857 bits per heavy atom. The summed E-state index contributed by atoms with van der Waals surface area (Å²) < 4.78 is 0. The molecule has 1 heterocycles. The molecule has 28 heavy (non-hydrogen) atoms. The fourth-order valence-corrected chi connectivity index (χ4v) is 3.77. The van der Waals surface area contributed by atoms with Crippen molar-refractivity contribution in [3.05, 3.63) is 63.1 Å². The lowest BCUT2D eigenvalue weighted by molar-refractivity contribution is -0.116. The summed E-state index contributed by atoms with van der Waals surface area (Å²) in [7, 11) is 0. The first-order valence-corrected chi connectivity index (χ1v) is 10.1. The van der Waals surface area contributed by atoms with Crippen LogP contribution in [0.25, 0.3) is 0 Å². The lowest BCUT2D eigenvalue weighted by atomic mass is 10.1. The Balaban J connectivity index is 1.46. The van der Waals surface area contributed by atoms with E-state index in [4.69, 9.17) is 34.8 Å². The number of carbonyl (C=O) groups is 2. The van der Waals surface area contributed by atoms with Crippen LogP contribution in [0.5, 0.6) is 0 Å². The summed E-state index contributed by atoms with van der Waals surface area (Å²) in [4.78, 5) is 28.8. The molecule has 1 N–H and O–H groups in total. The molecule has 2 aromatic carbocycles. The van der Waals surface area contributed by atoms with Crippen LogP contribution in [-0.4, -0.2) is 54.3 Å². The molecule has 0 saturated carbocycles. The van der Waals surface area contributed by atoms with Crippen LogP contribution < -0.4 is 5.32 Å². The van der Waals surface area contributed by atoms with Crippen LogP contribution in [0.2, 0.25) is 15.1 Å². The van der Waals surface area contributed by atoms with Crippen molar-refractivity contribution in [3.63, 3.8) is 0 Å². The maximum Gasteiger partial charge on any atom is 0.255 e. The molecule has 5 nitrogen and oxygen atoms in total. The number of anilines is 1. The molecular weight excluding hydrogens is 421 g/mol. The zero-order chi connectivity index (χ0) is 20.1. The van der Waals surface area contributed by atoms with Gasteiger partial charge in [0.2, 0.25) is 5.91 Å². The van der Waals surface area contributed by atoms with E-state index in [1.165, 1.54) is 0 Å². The average molecular weight is 441 g/mol. The van der Waals surface area contributed by atoms with Gasteiger partial charge in [0.25, 0.3) is 5.91 Å². The highest BCUT2D eigenvalue weighted by molar-refractivity contribution is 6.39. The van der Waals surface area contributed by atoms with Gasteiger partial charge < -0.3 is 10.2 Å². The normalized spacial score (nSPS) is 14.8. The molecule has 8 heteroatoms. The van der Waals surface area contributed by atoms with E-state index in [0.29, 0.717) is 65.5 Å². The van der Waals surface area contributed by atoms with Crippen molar-refractivity contribution >= 4 is 52.3 Å². The first-order chi connectivity index (χ1) is 13.5. The monoisotopic (exact) mass is 439 g/mol. The van der Waals surface area contributed by atoms with Gasteiger partial charge in [0.1, 0.15) is 0 Å². The van der Waals surface area contributed by atoms with Crippen molar-refractivity contribution < 1.29 is 9.59 Å². The standard InChI is InChI=1S/C20H20Cl3N3O2/c21-15-5-2-1-4-14(15)20(28)26-12-10-25(11-13-26)9-8-18(27)24-19-16(22)6-3-7-17(19)23/h1-7H,8-13H2,(H,24,27). The molecule has 0 aromatic heterocycles. The number of hydrogen-bond donors (Lipinski definition) is 1. The highest BCUT2D eigenvalue weighted by atomic mass is 35.5. The summed E-state index contributed by atoms with van der Waals surface area (Å²) in [6.45, 7) is 3.21. The number of carbonyl (C=O) groups excluding carboxylic acids is 2. The summed E-state index contributed by atoms with van der Waals surface area (Å²) in [5.41, 5.74) is 0.958. The minimum absolute atomic E-state index is 0.0589. The van der Waals surface area contributed by atoms with Crippen LogP contribution in [0.15, 0.2) is 42.5 Å². The summed E-state index contributed by atoms with van der Waals surface area (Å²) in [5, 5.41) is 4.05. The lowest BCUT2D eigenvalue weighted by Crippen LogP contribution is -2.49. The number of halogens is 3. The number of rotatable bonds is 5. The van der Waals surface area contributed by atoms with E-state index in [9.17, 15) is 9.59 Å². The van der Waals surface area contributed by atoms with Crippen molar-refractivity contribution in [1.82, 2.24) is 9.80 Å². The number of para-hydroxylation sites is 1. The third-order valence-electron chi connectivity index (χ3n) is 4.65. The van der Waals surface area contributed by atoms with Gasteiger partial charge in [0, 0.05) is 39.1 Å². The van der Waals surface area contributed by atoms with Crippen LogP contribution in [0.4, 0.5) is 5.69 Å².